The Morgan fingerprint density at radius 1 is 0.683 bits per heavy atom. The van der Waals surface area contributed by atoms with E-state index >= 15 is 0 Å². The summed E-state index contributed by atoms with van der Waals surface area (Å²) in [6.45, 7) is 27.4. The summed E-state index contributed by atoms with van der Waals surface area (Å²) in [6, 6.07) is 7.50. The SMILES string of the molecule is C=O.CC.CC.CC.CC.CC=O.COCCOCCOCCOCCn1cc(C(=O)c2cnc3[nH]c(C)cc3c2)nn1.Cc1cc2cc(C(=O)c3cn[nH]n3)cnc2[nH]1. The molecule has 18 nitrogen and oxygen atoms in total. The van der Waals surface area contributed by atoms with Crippen molar-refractivity contribution < 1.29 is 38.1 Å². The number of hydrogen-bond donors (Lipinski definition) is 3. The van der Waals surface area contributed by atoms with E-state index in [0.29, 0.717) is 69.6 Å². The van der Waals surface area contributed by atoms with Crippen molar-refractivity contribution in [2.75, 3.05) is 53.4 Å². The molecule has 0 saturated heterocycles. The summed E-state index contributed by atoms with van der Waals surface area (Å²) in [7, 11) is 1.64. The Balaban J connectivity index is 0. The van der Waals surface area contributed by atoms with Gasteiger partial charge < -0.3 is 38.5 Å². The van der Waals surface area contributed by atoms with Crippen LogP contribution in [0.25, 0.3) is 22.1 Å². The fourth-order valence-electron chi connectivity index (χ4n) is 4.51. The van der Waals surface area contributed by atoms with E-state index in [1.807, 2.05) is 88.2 Å². The lowest BCUT2D eigenvalue weighted by atomic mass is 10.1. The number of fused-ring (bicyclic) bond motifs is 2. The van der Waals surface area contributed by atoms with Crippen LogP contribution in [-0.2, 0) is 35.1 Å². The quantitative estimate of drug-likeness (QED) is 0.0521. The number of H-pyrrole nitrogens is 3. The zero-order valence-corrected chi connectivity index (χ0v) is 37.5. The van der Waals surface area contributed by atoms with Gasteiger partial charge in [0.1, 0.15) is 24.4 Å². The monoisotopic (exact) mass is 839 g/mol. The highest BCUT2D eigenvalue weighted by atomic mass is 16.6. The second kappa shape index (κ2) is 36.3. The Morgan fingerprint density at radius 3 is 1.55 bits per heavy atom. The Morgan fingerprint density at radius 2 is 1.12 bits per heavy atom. The number of hydrogen-bond acceptors (Lipinski definition) is 14. The van der Waals surface area contributed by atoms with E-state index in [1.54, 1.807) is 36.3 Å². The van der Waals surface area contributed by atoms with Crippen LogP contribution < -0.4 is 0 Å². The third kappa shape index (κ3) is 20.7. The number of aldehydes is 1. The van der Waals surface area contributed by atoms with Gasteiger partial charge in [0.05, 0.1) is 65.2 Å². The molecule has 0 spiro atoms. The number of aromatic nitrogens is 10. The van der Waals surface area contributed by atoms with Crippen LogP contribution in [0, 0.1) is 13.8 Å². The van der Waals surface area contributed by atoms with Crippen LogP contribution in [0.15, 0.2) is 49.1 Å². The molecule has 0 unspecified atom stereocenters. The van der Waals surface area contributed by atoms with E-state index < -0.39 is 0 Å². The summed E-state index contributed by atoms with van der Waals surface area (Å²) < 4.78 is 22.7. The second-order valence-electron chi connectivity index (χ2n) is 10.7. The van der Waals surface area contributed by atoms with Crippen LogP contribution in [0.3, 0.4) is 0 Å². The summed E-state index contributed by atoms with van der Waals surface area (Å²) in [5, 5.41) is 19.6. The molecule has 0 aromatic carbocycles. The van der Waals surface area contributed by atoms with Gasteiger partial charge in [0, 0.05) is 52.8 Å². The molecule has 0 bridgehead atoms. The van der Waals surface area contributed by atoms with E-state index in [9.17, 15) is 9.59 Å². The number of carbonyl (C=O) groups excluding carboxylic acids is 4. The molecule has 6 rings (SSSR count). The van der Waals surface area contributed by atoms with Gasteiger partial charge in [-0.25, -0.2) is 14.6 Å². The molecule has 0 aliphatic rings. The highest BCUT2D eigenvalue weighted by molar-refractivity contribution is 6.09. The van der Waals surface area contributed by atoms with Crippen LogP contribution in [-0.4, -0.2) is 128 Å². The first-order valence-corrected chi connectivity index (χ1v) is 20.0. The Labute approximate surface area is 353 Å². The number of ether oxygens (including phenoxy) is 4. The van der Waals surface area contributed by atoms with Crippen molar-refractivity contribution in [3.05, 3.63) is 83.0 Å². The fourth-order valence-corrected chi connectivity index (χ4v) is 4.51. The highest BCUT2D eigenvalue weighted by Crippen LogP contribution is 2.17. The molecule has 0 saturated carbocycles. The van der Waals surface area contributed by atoms with E-state index in [2.05, 4.69) is 45.7 Å². The molecule has 0 atom stereocenters. The minimum atomic E-state index is -0.212. The predicted molar refractivity (Wildman–Crippen MR) is 234 cm³/mol. The number of methoxy groups -OCH3 is 1. The molecule has 6 heterocycles. The van der Waals surface area contributed by atoms with Crippen molar-refractivity contribution >= 4 is 46.7 Å². The number of aryl methyl sites for hydroxylation is 2. The zero-order valence-electron chi connectivity index (χ0n) is 37.5. The third-order valence-electron chi connectivity index (χ3n) is 6.79. The number of aromatic amines is 3. The number of nitrogens with one attached hydrogen (secondary N) is 3. The first kappa shape index (κ1) is 56.3. The summed E-state index contributed by atoms with van der Waals surface area (Å²) >= 11 is 0. The third-order valence-corrected chi connectivity index (χ3v) is 6.79. The second-order valence-corrected chi connectivity index (χ2v) is 10.7. The van der Waals surface area contributed by atoms with Crippen molar-refractivity contribution in [1.82, 2.24) is 50.3 Å². The largest absolute Gasteiger partial charge is 0.382 e. The molecular weight excluding hydrogens is 773 g/mol. The molecule has 18 heteroatoms. The minimum absolute atomic E-state index is 0.188. The van der Waals surface area contributed by atoms with E-state index in [0.717, 1.165) is 39.7 Å². The van der Waals surface area contributed by atoms with Crippen molar-refractivity contribution in [1.29, 1.82) is 0 Å². The number of pyridine rings is 2. The van der Waals surface area contributed by atoms with Gasteiger partial charge in [-0.15, -0.1) is 5.10 Å². The topological polar surface area (TPSA) is 235 Å². The van der Waals surface area contributed by atoms with Gasteiger partial charge in [-0.2, -0.15) is 15.4 Å². The number of nitrogens with zero attached hydrogens (tertiary/aromatic N) is 7. The van der Waals surface area contributed by atoms with E-state index in [1.165, 1.54) is 19.3 Å². The van der Waals surface area contributed by atoms with Crippen LogP contribution >= 0.6 is 0 Å². The lowest BCUT2D eigenvalue weighted by Crippen LogP contribution is -2.13. The predicted octanol–water partition coefficient (Wildman–Crippen LogP) is 6.74. The fraction of sp³-hybridized carbons (Fsp3) is 0.476. The molecule has 6 aromatic heterocycles. The maximum Gasteiger partial charge on any atom is 0.216 e. The first-order chi connectivity index (χ1) is 29.3. The van der Waals surface area contributed by atoms with Crippen molar-refractivity contribution in [2.24, 2.45) is 0 Å². The first-order valence-electron chi connectivity index (χ1n) is 20.0. The van der Waals surface area contributed by atoms with Gasteiger partial charge in [0.2, 0.25) is 11.6 Å². The molecule has 0 radical (unpaired) electrons. The Bertz CT molecular complexity index is 1970. The maximum atomic E-state index is 12.6. The average molecular weight is 839 g/mol. The molecule has 60 heavy (non-hydrogen) atoms. The normalized spacial score (nSPS) is 9.47. The van der Waals surface area contributed by atoms with Gasteiger partial charge >= 0.3 is 0 Å². The van der Waals surface area contributed by atoms with Gasteiger partial charge in [-0.05, 0) is 45.0 Å². The molecule has 3 N–H and O–H groups in total. The number of carbonyl (C=O) groups is 4. The maximum absolute atomic E-state index is 12.6. The number of rotatable bonds is 16. The molecule has 0 aliphatic heterocycles. The molecule has 6 aromatic rings. The van der Waals surface area contributed by atoms with E-state index in [-0.39, 0.29) is 17.3 Å². The molecule has 0 fully saturated rings. The molecule has 0 aliphatic carbocycles. The van der Waals surface area contributed by atoms with Crippen molar-refractivity contribution in [3.8, 4) is 0 Å². The number of ketones is 2. The highest BCUT2D eigenvalue weighted by Gasteiger charge is 2.16. The summed E-state index contributed by atoms with van der Waals surface area (Å²) in [5.74, 6) is -0.399. The summed E-state index contributed by atoms with van der Waals surface area (Å²) in [5.41, 5.74) is 5.09. The minimum Gasteiger partial charge on any atom is -0.382 e. The molecule has 0 amide bonds. The van der Waals surface area contributed by atoms with Gasteiger partial charge in [-0.1, -0.05) is 60.6 Å². The zero-order chi connectivity index (χ0) is 45.7. The van der Waals surface area contributed by atoms with Crippen LogP contribution in [0.4, 0.5) is 0 Å². The van der Waals surface area contributed by atoms with Crippen molar-refractivity contribution in [3.63, 3.8) is 0 Å². The van der Waals surface area contributed by atoms with Crippen LogP contribution in [0.2, 0.25) is 0 Å². The summed E-state index contributed by atoms with van der Waals surface area (Å²) in [4.78, 5) is 56.2. The Kier molecular flexibility index (Phi) is 34.0. The molecular formula is C42H66N10O8. The standard InChI is InChI=1S/C20H27N5O5.C11H9N5O.C2H4O.4C2H6.CH2O/c1-15-11-16-12-17(13-21-20(16)22-15)19(26)18-14-25(24-23-18)3-4-28-7-8-30-10-9-29-6-5-27-2;1-6-2-7-3-8(4-12-11(7)14-6)10(17)9-5-13-16-15-9;1-2-3;5*1-2/h11-14H,3-10H2,1-2H3,(H,21,22);2-5H,1H3,(H,12,14)(H,13,15,16);2H,1H3;4*1-2H3;1H2. The summed E-state index contributed by atoms with van der Waals surface area (Å²) in [6.07, 6.45) is 6.85. The van der Waals surface area contributed by atoms with Crippen molar-refractivity contribution in [2.45, 2.75) is 82.7 Å². The van der Waals surface area contributed by atoms with Gasteiger partial charge in [0.15, 0.2) is 11.4 Å². The Hall–Kier alpha value is -5.82. The smallest absolute Gasteiger partial charge is 0.216 e. The van der Waals surface area contributed by atoms with E-state index in [4.69, 9.17) is 28.5 Å². The van der Waals surface area contributed by atoms with Crippen LogP contribution in [0.1, 0.15) is 106 Å². The van der Waals surface area contributed by atoms with Crippen LogP contribution in [0.5, 0.6) is 0 Å². The molecule has 332 valence electrons. The average Bonchev–Trinajstić information content (AvgIpc) is 4.13. The lowest BCUT2D eigenvalue weighted by molar-refractivity contribution is -0.106. The van der Waals surface area contributed by atoms with Gasteiger partial charge in [0.25, 0.3) is 0 Å². The van der Waals surface area contributed by atoms with Gasteiger partial charge in [-0.3, -0.25) is 9.59 Å². The lowest BCUT2D eigenvalue weighted by Gasteiger charge is -2.06.